The summed E-state index contributed by atoms with van der Waals surface area (Å²) in [7, 11) is 1.80. The molecule has 1 saturated heterocycles. The van der Waals surface area contributed by atoms with Gasteiger partial charge in [-0.25, -0.2) is 0 Å². The third-order valence-corrected chi connectivity index (χ3v) is 10.9. The largest absolute Gasteiger partial charge is 0.504 e. The minimum atomic E-state index is -0.880. The van der Waals surface area contributed by atoms with Crippen molar-refractivity contribution in [1.82, 2.24) is 4.90 Å². The molecule has 0 aromatic heterocycles. The fourth-order valence-electron chi connectivity index (χ4n) is 9.57. The predicted molar refractivity (Wildman–Crippen MR) is 134 cm³/mol. The molecule has 6 aliphatic rings. The second-order valence-electron chi connectivity index (χ2n) is 12.4. The summed E-state index contributed by atoms with van der Waals surface area (Å²) >= 11 is 0. The lowest BCUT2D eigenvalue weighted by atomic mass is 9.34. The van der Waals surface area contributed by atoms with Gasteiger partial charge >= 0.3 is 0 Å². The van der Waals surface area contributed by atoms with Crippen LogP contribution in [0.25, 0.3) is 0 Å². The lowest BCUT2D eigenvalue weighted by Gasteiger charge is -2.74. The Labute approximate surface area is 208 Å². The van der Waals surface area contributed by atoms with Crippen molar-refractivity contribution in [2.75, 3.05) is 20.2 Å². The zero-order valence-electron chi connectivity index (χ0n) is 21.1. The molecule has 2 N–H and O–H groups in total. The van der Waals surface area contributed by atoms with E-state index in [0.717, 1.165) is 51.6 Å². The van der Waals surface area contributed by atoms with Crippen molar-refractivity contribution in [2.24, 2.45) is 11.3 Å². The van der Waals surface area contributed by atoms with Crippen molar-refractivity contribution < 1.29 is 19.7 Å². The summed E-state index contributed by atoms with van der Waals surface area (Å²) in [4.78, 5) is 2.75. The van der Waals surface area contributed by atoms with E-state index in [1.165, 1.54) is 16.7 Å². The van der Waals surface area contributed by atoms with Gasteiger partial charge in [0, 0.05) is 42.0 Å². The smallest absolute Gasteiger partial charge is 0.165 e. The van der Waals surface area contributed by atoms with Crippen LogP contribution < -0.4 is 4.74 Å². The molecule has 4 bridgehead atoms. The minimum Gasteiger partial charge on any atom is -0.504 e. The van der Waals surface area contributed by atoms with Crippen LogP contribution in [0, 0.1) is 11.3 Å². The van der Waals surface area contributed by atoms with Crippen LogP contribution in [0.3, 0.4) is 0 Å². The first-order chi connectivity index (χ1) is 16.8. The Morgan fingerprint density at radius 3 is 2.66 bits per heavy atom. The van der Waals surface area contributed by atoms with Gasteiger partial charge in [-0.15, -0.1) is 0 Å². The first-order valence-corrected chi connectivity index (χ1v) is 13.3. The molecule has 2 aromatic carbocycles. The van der Waals surface area contributed by atoms with Gasteiger partial charge in [0.25, 0.3) is 0 Å². The van der Waals surface area contributed by atoms with E-state index >= 15 is 0 Å². The molecule has 4 aliphatic carbocycles. The average molecular weight is 476 g/mol. The Bertz CT molecular complexity index is 1170. The number of phenols is 1. The zero-order valence-corrected chi connectivity index (χ0v) is 21.1. The van der Waals surface area contributed by atoms with Crippen LogP contribution >= 0.6 is 0 Å². The standard InChI is InChI=1S/C30H37NO4/c1-27(2,33)22-18-28-12-13-30(22,34-3)26-29(28)14-16-31(15-11-19-7-5-4-6-8-19)23(28)17-20-9-10-21(32)25(35-26)24(20)29/h4-10,22-23,26,32-33H,11-18H2,1-3H3/t22-,23+,26+,28+,29-,30+/m0/s1. The summed E-state index contributed by atoms with van der Waals surface area (Å²) in [5.74, 6) is 0.910. The van der Waals surface area contributed by atoms with Crippen LogP contribution in [0.5, 0.6) is 11.5 Å². The van der Waals surface area contributed by atoms with Crippen molar-refractivity contribution >= 4 is 0 Å². The number of ether oxygens (including phenoxy) is 2. The number of phenolic OH excluding ortho intramolecular Hbond substituents is 1. The molecule has 2 heterocycles. The molecule has 3 saturated carbocycles. The van der Waals surface area contributed by atoms with E-state index in [2.05, 4.69) is 41.3 Å². The number of nitrogens with zero attached hydrogens (tertiary/aromatic N) is 1. The summed E-state index contributed by atoms with van der Waals surface area (Å²) in [5.41, 5.74) is 2.37. The van der Waals surface area contributed by atoms with E-state index in [1.807, 2.05) is 19.9 Å². The highest BCUT2D eigenvalue weighted by atomic mass is 16.6. The lowest BCUT2D eigenvalue weighted by molar-refractivity contribution is -0.300. The topological polar surface area (TPSA) is 62.2 Å². The highest BCUT2D eigenvalue weighted by Gasteiger charge is 2.81. The van der Waals surface area contributed by atoms with Crippen molar-refractivity contribution in [3.8, 4) is 11.5 Å². The Kier molecular flexibility index (Phi) is 4.44. The van der Waals surface area contributed by atoms with Crippen LogP contribution in [-0.4, -0.2) is 58.7 Å². The number of likely N-dealkylation sites (tertiary alicyclic amines) is 1. The number of hydrogen-bond donors (Lipinski definition) is 2. The number of rotatable bonds is 5. The summed E-state index contributed by atoms with van der Waals surface area (Å²) in [6, 6.07) is 15.2. The van der Waals surface area contributed by atoms with E-state index in [4.69, 9.17) is 9.47 Å². The molecule has 2 spiro atoms. The van der Waals surface area contributed by atoms with E-state index in [1.54, 1.807) is 7.11 Å². The van der Waals surface area contributed by atoms with E-state index in [-0.39, 0.29) is 28.6 Å². The Morgan fingerprint density at radius 2 is 1.91 bits per heavy atom. The van der Waals surface area contributed by atoms with Gasteiger partial charge in [-0.2, -0.15) is 0 Å². The Balaban J connectivity index is 1.39. The Morgan fingerprint density at radius 1 is 1.11 bits per heavy atom. The number of aliphatic hydroxyl groups is 1. The maximum absolute atomic E-state index is 11.5. The van der Waals surface area contributed by atoms with Crippen molar-refractivity contribution in [2.45, 2.75) is 81.1 Å². The molecule has 8 rings (SSSR count). The van der Waals surface area contributed by atoms with E-state index in [0.29, 0.717) is 11.8 Å². The van der Waals surface area contributed by atoms with Gasteiger partial charge in [-0.3, -0.25) is 4.90 Å². The van der Waals surface area contributed by atoms with Crippen LogP contribution in [0.4, 0.5) is 0 Å². The SMILES string of the molecule is CO[C@]12CC[C@@]3(C[C@H]1C(C)(C)O)[C@H]1Cc4ccc(O)c5c4[C@@]3(CCN1CCc1ccccc1)[C@H]2O5. The van der Waals surface area contributed by atoms with Gasteiger partial charge in [-0.05, 0) is 76.1 Å². The fraction of sp³-hybridized carbons (Fsp3) is 0.600. The number of fused-ring (bicyclic) bond motifs is 2. The summed E-state index contributed by atoms with van der Waals surface area (Å²) in [6.45, 7) is 5.96. The third kappa shape index (κ3) is 2.55. The second kappa shape index (κ2) is 7.02. The lowest BCUT2D eigenvalue weighted by Crippen LogP contribution is -2.82. The molecule has 35 heavy (non-hydrogen) atoms. The maximum Gasteiger partial charge on any atom is 0.165 e. The molecule has 2 aliphatic heterocycles. The summed E-state index contributed by atoms with van der Waals surface area (Å²) in [5, 5.41) is 22.4. The molecular formula is C30H37NO4. The molecule has 2 aromatic rings. The molecule has 0 unspecified atom stereocenters. The highest BCUT2D eigenvalue weighted by Crippen LogP contribution is 2.77. The maximum atomic E-state index is 11.5. The van der Waals surface area contributed by atoms with E-state index < -0.39 is 11.2 Å². The van der Waals surface area contributed by atoms with Crippen molar-refractivity contribution in [3.05, 3.63) is 59.2 Å². The van der Waals surface area contributed by atoms with Gasteiger partial charge in [0.2, 0.25) is 0 Å². The summed E-state index contributed by atoms with van der Waals surface area (Å²) in [6.07, 6.45) is 5.76. The van der Waals surface area contributed by atoms with Gasteiger partial charge < -0.3 is 19.7 Å². The van der Waals surface area contributed by atoms with Gasteiger partial charge in [0.1, 0.15) is 11.7 Å². The van der Waals surface area contributed by atoms with Gasteiger partial charge in [0.05, 0.1) is 5.60 Å². The number of hydrogen-bond acceptors (Lipinski definition) is 5. The molecule has 5 heteroatoms. The molecule has 4 fully saturated rings. The predicted octanol–water partition coefficient (Wildman–Crippen LogP) is 4.22. The van der Waals surface area contributed by atoms with Gasteiger partial charge in [0.15, 0.2) is 11.5 Å². The molecule has 5 nitrogen and oxygen atoms in total. The number of methoxy groups -OCH3 is 1. The van der Waals surface area contributed by atoms with Crippen molar-refractivity contribution in [1.29, 1.82) is 0 Å². The highest BCUT2D eigenvalue weighted by molar-refractivity contribution is 5.63. The van der Waals surface area contributed by atoms with Gasteiger partial charge in [-0.1, -0.05) is 36.4 Å². The van der Waals surface area contributed by atoms with Crippen LogP contribution in [0.2, 0.25) is 0 Å². The van der Waals surface area contributed by atoms with Crippen LogP contribution in [0.1, 0.15) is 56.2 Å². The normalized spacial score (nSPS) is 38.8. The number of aromatic hydroxyl groups is 1. The first kappa shape index (κ1) is 22.1. The van der Waals surface area contributed by atoms with E-state index in [9.17, 15) is 10.2 Å². The second-order valence-corrected chi connectivity index (χ2v) is 12.4. The molecule has 0 radical (unpaired) electrons. The van der Waals surface area contributed by atoms with Crippen molar-refractivity contribution in [3.63, 3.8) is 0 Å². The van der Waals surface area contributed by atoms with Crippen LogP contribution in [-0.2, 0) is 23.0 Å². The fourth-order valence-corrected chi connectivity index (χ4v) is 9.57. The minimum absolute atomic E-state index is 0.00357. The quantitative estimate of drug-likeness (QED) is 0.678. The molecular weight excluding hydrogens is 438 g/mol. The average Bonchev–Trinajstić information content (AvgIpc) is 3.22. The number of benzene rings is 2. The first-order valence-electron chi connectivity index (χ1n) is 13.3. The molecule has 0 amide bonds. The Hall–Kier alpha value is -2.08. The molecule has 6 atom stereocenters. The summed E-state index contributed by atoms with van der Waals surface area (Å²) < 4.78 is 13.3. The van der Waals surface area contributed by atoms with Crippen LogP contribution in [0.15, 0.2) is 42.5 Å². The third-order valence-electron chi connectivity index (χ3n) is 10.9. The molecule has 186 valence electrons. The number of piperidine rings is 1. The monoisotopic (exact) mass is 475 g/mol. The zero-order chi connectivity index (χ0) is 24.2.